The summed E-state index contributed by atoms with van der Waals surface area (Å²) in [4.78, 5) is 33.3. The number of Topliss-reactive ketones (excluding diaryl/α,β-unsaturated/α-hetero) is 1. The lowest BCUT2D eigenvalue weighted by Gasteiger charge is -2.13. The monoisotopic (exact) mass is 364 g/mol. The van der Waals surface area contributed by atoms with Crippen molar-refractivity contribution in [2.24, 2.45) is 0 Å². The number of fused-ring (bicyclic) bond motifs is 1. The lowest BCUT2D eigenvalue weighted by Crippen LogP contribution is -2.18. The van der Waals surface area contributed by atoms with Gasteiger partial charge in [0, 0.05) is 11.8 Å². The smallest absolute Gasteiger partial charge is 0.355 e. The first kappa shape index (κ1) is 17.9. The summed E-state index contributed by atoms with van der Waals surface area (Å²) in [5.74, 6) is -1.21. The van der Waals surface area contributed by atoms with Crippen molar-refractivity contribution in [1.29, 1.82) is 5.26 Å². The molecule has 0 aliphatic heterocycles. The van der Waals surface area contributed by atoms with Crippen LogP contribution < -0.4 is 0 Å². The van der Waals surface area contributed by atoms with Crippen molar-refractivity contribution in [2.75, 3.05) is 0 Å². The third-order valence-electron chi connectivity index (χ3n) is 3.97. The Morgan fingerprint density at radius 1 is 1.33 bits per heavy atom. The number of carbonyl (C=O) groups is 2. The van der Waals surface area contributed by atoms with Crippen LogP contribution in [0, 0.1) is 11.3 Å². The molecular weight excluding hydrogens is 348 g/mol. The number of hydrogen-bond donors (Lipinski definition) is 3. The molecule has 2 aromatic heterocycles. The highest BCUT2D eigenvalue weighted by Crippen LogP contribution is 2.21. The van der Waals surface area contributed by atoms with Crippen molar-refractivity contribution in [1.82, 2.24) is 15.0 Å². The van der Waals surface area contributed by atoms with Gasteiger partial charge in [0.1, 0.15) is 17.3 Å². The van der Waals surface area contributed by atoms with Crippen LogP contribution in [0.15, 0.2) is 42.3 Å². The molecule has 2 heterocycles. The lowest BCUT2D eigenvalue weighted by molar-refractivity contribution is 0.0328. The summed E-state index contributed by atoms with van der Waals surface area (Å²) in [5.41, 5.74) is 1.64. The molecule has 0 saturated heterocycles. The van der Waals surface area contributed by atoms with Gasteiger partial charge >= 0.3 is 5.97 Å². The Balaban J connectivity index is 1.84. The van der Waals surface area contributed by atoms with Gasteiger partial charge in [-0.2, -0.15) is 5.26 Å². The number of aromatic nitrogens is 3. The highest BCUT2D eigenvalue weighted by atomic mass is 16.6. The molecule has 3 rings (SSSR count). The quantitative estimate of drug-likeness (QED) is 0.276. The number of aliphatic hydroxyl groups is 1. The van der Waals surface area contributed by atoms with Gasteiger partial charge in [-0.1, -0.05) is 12.1 Å². The second-order valence-electron chi connectivity index (χ2n) is 5.88. The van der Waals surface area contributed by atoms with E-state index in [9.17, 15) is 20.0 Å². The minimum atomic E-state index is -1.09. The van der Waals surface area contributed by atoms with E-state index in [0.29, 0.717) is 16.6 Å². The number of benzene rings is 1. The molecule has 3 aromatic rings. The molecular formula is C19H16N4O4. The van der Waals surface area contributed by atoms with Crippen LogP contribution in [-0.4, -0.2) is 37.9 Å². The molecule has 8 nitrogen and oxygen atoms in total. The van der Waals surface area contributed by atoms with Gasteiger partial charge in [-0.3, -0.25) is 4.79 Å². The maximum atomic E-state index is 12.2. The van der Waals surface area contributed by atoms with Gasteiger partial charge < -0.3 is 19.8 Å². The second-order valence-corrected chi connectivity index (χ2v) is 5.88. The van der Waals surface area contributed by atoms with Crippen LogP contribution in [0.1, 0.15) is 40.5 Å². The molecule has 1 aromatic carbocycles. The van der Waals surface area contributed by atoms with Gasteiger partial charge in [-0.15, -0.1) is 0 Å². The van der Waals surface area contributed by atoms with E-state index in [1.165, 1.54) is 26.1 Å². The lowest BCUT2D eigenvalue weighted by atomic mass is 10.1. The molecule has 8 heteroatoms. The summed E-state index contributed by atoms with van der Waals surface area (Å²) in [6, 6.07) is 10.4. The van der Waals surface area contributed by atoms with Crippen LogP contribution in [0.5, 0.6) is 0 Å². The molecule has 0 aliphatic rings. The van der Waals surface area contributed by atoms with E-state index in [1.54, 1.807) is 18.2 Å². The summed E-state index contributed by atoms with van der Waals surface area (Å²) in [7, 11) is 0. The molecule has 0 saturated carbocycles. The summed E-state index contributed by atoms with van der Waals surface area (Å²) < 4.78 is 5.19. The van der Waals surface area contributed by atoms with Gasteiger partial charge in [-0.05, 0) is 32.0 Å². The fraction of sp³-hybridized carbons (Fsp3) is 0.158. The van der Waals surface area contributed by atoms with Crippen molar-refractivity contribution in [3.8, 4) is 6.07 Å². The fourth-order valence-electron chi connectivity index (χ4n) is 2.50. The number of esters is 1. The highest BCUT2D eigenvalue weighted by molar-refractivity contribution is 5.97. The van der Waals surface area contributed by atoms with Gasteiger partial charge in [0.05, 0.1) is 11.0 Å². The minimum absolute atomic E-state index is 0.0714. The Kier molecular flexibility index (Phi) is 4.77. The number of aromatic amines is 2. The third-order valence-corrected chi connectivity index (χ3v) is 3.97. The van der Waals surface area contributed by atoms with Crippen LogP contribution in [0.25, 0.3) is 16.6 Å². The van der Waals surface area contributed by atoms with Gasteiger partial charge in [0.15, 0.2) is 23.5 Å². The Bertz CT molecular complexity index is 1070. The fourth-order valence-corrected chi connectivity index (χ4v) is 2.50. The van der Waals surface area contributed by atoms with E-state index in [-0.39, 0.29) is 22.9 Å². The van der Waals surface area contributed by atoms with Crippen molar-refractivity contribution in [3.63, 3.8) is 0 Å². The molecule has 0 amide bonds. The minimum Gasteiger partial charge on any atom is -0.507 e. The number of nitrogens with one attached hydrogen (secondary N) is 2. The van der Waals surface area contributed by atoms with Gasteiger partial charge in [0.2, 0.25) is 0 Å². The van der Waals surface area contributed by atoms with E-state index < -0.39 is 17.8 Å². The Morgan fingerprint density at radius 3 is 2.70 bits per heavy atom. The number of ketones is 1. The molecule has 0 aliphatic carbocycles. The number of nitriles is 1. The Morgan fingerprint density at radius 2 is 2.07 bits per heavy atom. The van der Waals surface area contributed by atoms with Crippen molar-refractivity contribution >= 4 is 28.4 Å². The van der Waals surface area contributed by atoms with Crippen LogP contribution in [0.2, 0.25) is 0 Å². The largest absolute Gasteiger partial charge is 0.507 e. The SMILES string of the molecule is CC(=O)c1c[nH]c(C(=O)O[C@H](C)/C(O)=C(\C#N)c2nc3ccccc3[nH]2)c1. The number of imidazole rings is 1. The normalized spacial score (nSPS) is 12.9. The average molecular weight is 364 g/mol. The topological polar surface area (TPSA) is 132 Å². The molecule has 0 bridgehead atoms. The van der Waals surface area contributed by atoms with Crippen molar-refractivity contribution in [3.05, 3.63) is 59.4 Å². The molecule has 27 heavy (non-hydrogen) atoms. The van der Waals surface area contributed by atoms with E-state index in [0.717, 1.165) is 0 Å². The number of H-pyrrole nitrogens is 2. The third kappa shape index (κ3) is 3.57. The number of aliphatic hydroxyl groups excluding tert-OH is 1. The maximum absolute atomic E-state index is 12.2. The second kappa shape index (κ2) is 7.17. The molecule has 3 N–H and O–H groups in total. The summed E-state index contributed by atoms with van der Waals surface area (Å²) in [6.45, 7) is 2.81. The number of nitrogens with zero attached hydrogens (tertiary/aromatic N) is 2. The zero-order valence-electron chi connectivity index (χ0n) is 14.6. The number of rotatable bonds is 5. The van der Waals surface area contributed by atoms with Crippen LogP contribution >= 0.6 is 0 Å². The number of hydrogen-bond acceptors (Lipinski definition) is 6. The summed E-state index contributed by atoms with van der Waals surface area (Å²) in [5, 5.41) is 19.8. The zero-order chi connectivity index (χ0) is 19.6. The van der Waals surface area contributed by atoms with Crippen LogP contribution in [0.3, 0.4) is 0 Å². The van der Waals surface area contributed by atoms with Crippen molar-refractivity contribution in [2.45, 2.75) is 20.0 Å². The summed E-state index contributed by atoms with van der Waals surface area (Å²) >= 11 is 0. The number of allylic oxidation sites excluding steroid dienone is 1. The first-order valence-corrected chi connectivity index (χ1v) is 8.09. The molecule has 0 fully saturated rings. The molecule has 0 spiro atoms. The van der Waals surface area contributed by atoms with E-state index in [4.69, 9.17) is 4.74 Å². The molecule has 136 valence electrons. The van der Waals surface area contributed by atoms with Gasteiger partial charge in [0.25, 0.3) is 0 Å². The first-order valence-electron chi connectivity index (χ1n) is 8.09. The average Bonchev–Trinajstić information content (AvgIpc) is 3.29. The van der Waals surface area contributed by atoms with E-state index >= 15 is 0 Å². The number of ether oxygens (including phenoxy) is 1. The maximum Gasteiger partial charge on any atom is 0.355 e. The predicted molar refractivity (Wildman–Crippen MR) is 96.9 cm³/mol. The zero-order valence-corrected chi connectivity index (χ0v) is 14.6. The van der Waals surface area contributed by atoms with Crippen molar-refractivity contribution < 1.29 is 19.4 Å². The van der Waals surface area contributed by atoms with Crippen LogP contribution in [0.4, 0.5) is 0 Å². The Hall–Kier alpha value is -3.86. The standard InChI is InChI=1S/C19H16N4O4/c1-10(24)12-7-16(21-9-12)19(26)27-11(2)17(25)13(8-20)18-22-14-5-3-4-6-15(14)23-18/h3-7,9,11,21,25H,1-2H3,(H,22,23)/b17-13-/t11-/m1/s1. The predicted octanol–water partition coefficient (Wildman–Crippen LogP) is 3.13. The molecule has 0 radical (unpaired) electrons. The van der Waals surface area contributed by atoms with Gasteiger partial charge in [-0.25, -0.2) is 9.78 Å². The molecule has 1 atom stereocenters. The number of para-hydroxylation sites is 2. The first-order chi connectivity index (χ1) is 12.9. The summed E-state index contributed by atoms with van der Waals surface area (Å²) in [6.07, 6.45) is 0.304. The van der Waals surface area contributed by atoms with Crippen LogP contribution in [-0.2, 0) is 4.74 Å². The highest BCUT2D eigenvalue weighted by Gasteiger charge is 2.22. The van der Waals surface area contributed by atoms with E-state index in [2.05, 4.69) is 15.0 Å². The van der Waals surface area contributed by atoms with E-state index in [1.807, 2.05) is 12.1 Å². The Labute approximate surface area is 154 Å². The number of carbonyl (C=O) groups excluding carboxylic acids is 2. The molecule has 0 unspecified atom stereocenters.